The Morgan fingerprint density at radius 3 is 2.90 bits per heavy atom. The van der Waals surface area contributed by atoms with Crippen molar-refractivity contribution in [3.05, 3.63) is 30.5 Å². The molecule has 104 valence electrons. The Kier molecular flexibility index (Phi) is 3.45. The molecule has 6 nitrogen and oxygen atoms in total. The maximum Gasteiger partial charge on any atom is 0.219 e. The number of nitrogens with one attached hydrogen (secondary N) is 1. The summed E-state index contributed by atoms with van der Waals surface area (Å²) >= 11 is 0. The molecule has 1 atom stereocenters. The number of aromatic nitrogens is 4. The monoisotopic (exact) mass is 271 g/mol. The number of H-pyrrole nitrogens is 1. The van der Waals surface area contributed by atoms with E-state index in [9.17, 15) is 4.79 Å². The zero-order valence-electron chi connectivity index (χ0n) is 11.4. The predicted molar refractivity (Wildman–Crippen MR) is 73.7 cm³/mol. The van der Waals surface area contributed by atoms with Crippen molar-refractivity contribution in [3.8, 4) is 11.5 Å². The molecule has 0 bridgehead atoms. The van der Waals surface area contributed by atoms with Gasteiger partial charge in [-0.3, -0.25) is 9.78 Å². The lowest BCUT2D eigenvalue weighted by Crippen LogP contribution is -2.26. The minimum absolute atomic E-state index is 0.159. The highest BCUT2D eigenvalue weighted by molar-refractivity contribution is 5.73. The Bertz CT molecular complexity index is 578. The van der Waals surface area contributed by atoms with E-state index in [1.807, 2.05) is 4.90 Å². The summed E-state index contributed by atoms with van der Waals surface area (Å²) in [5.74, 6) is 1.38. The Labute approximate surface area is 117 Å². The number of hydrogen-bond donors (Lipinski definition) is 1. The molecule has 20 heavy (non-hydrogen) atoms. The molecule has 0 radical (unpaired) electrons. The van der Waals surface area contributed by atoms with Gasteiger partial charge in [-0.25, -0.2) is 9.97 Å². The van der Waals surface area contributed by atoms with E-state index in [4.69, 9.17) is 0 Å². The summed E-state index contributed by atoms with van der Waals surface area (Å²) in [6.07, 6.45) is 8.91. The smallest absolute Gasteiger partial charge is 0.219 e. The normalized spacial score (nSPS) is 18.4. The van der Waals surface area contributed by atoms with Gasteiger partial charge in [0, 0.05) is 38.6 Å². The van der Waals surface area contributed by atoms with Gasteiger partial charge in [0.25, 0.3) is 0 Å². The summed E-state index contributed by atoms with van der Waals surface area (Å²) in [6.45, 7) is 3.31. The fourth-order valence-corrected chi connectivity index (χ4v) is 2.57. The first-order valence-electron chi connectivity index (χ1n) is 6.78. The first-order chi connectivity index (χ1) is 9.72. The van der Waals surface area contributed by atoms with Crippen LogP contribution in [0.25, 0.3) is 11.5 Å². The lowest BCUT2D eigenvalue weighted by atomic mass is 10.0. The summed E-state index contributed by atoms with van der Waals surface area (Å²) in [4.78, 5) is 29.2. The molecule has 1 aliphatic heterocycles. The minimum atomic E-state index is 0.159. The third-order valence-electron chi connectivity index (χ3n) is 3.68. The van der Waals surface area contributed by atoms with Crippen molar-refractivity contribution < 1.29 is 4.79 Å². The molecule has 0 aromatic carbocycles. The Morgan fingerprint density at radius 2 is 2.30 bits per heavy atom. The van der Waals surface area contributed by atoms with Crippen LogP contribution < -0.4 is 0 Å². The summed E-state index contributed by atoms with van der Waals surface area (Å²) in [7, 11) is 0. The molecule has 2 aromatic heterocycles. The highest BCUT2D eigenvalue weighted by atomic mass is 16.2. The molecule has 1 unspecified atom stereocenters. The number of hydrogen-bond acceptors (Lipinski definition) is 4. The van der Waals surface area contributed by atoms with E-state index < -0.39 is 0 Å². The van der Waals surface area contributed by atoms with Gasteiger partial charge in [0.1, 0.15) is 5.69 Å². The second-order valence-corrected chi connectivity index (χ2v) is 5.15. The molecule has 1 amide bonds. The van der Waals surface area contributed by atoms with Crippen LogP contribution in [0.15, 0.2) is 24.8 Å². The van der Waals surface area contributed by atoms with E-state index in [0.717, 1.165) is 43.1 Å². The van der Waals surface area contributed by atoms with Gasteiger partial charge in [-0.15, -0.1) is 0 Å². The van der Waals surface area contributed by atoms with Gasteiger partial charge < -0.3 is 9.88 Å². The number of carbonyl (C=O) groups is 1. The van der Waals surface area contributed by atoms with Gasteiger partial charge >= 0.3 is 0 Å². The lowest BCUT2D eigenvalue weighted by molar-refractivity contribution is -0.127. The topological polar surface area (TPSA) is 74.8 Å². The summed E-state index contributed by atoms with van der Waals surface area (Å²) < 4.78 is 0. The predicted octanol–water partition coefficient (Wildman–Crippen LogP) is 1.28. The Hall–Kier alpha value is -2.24. The second kappa shape index (κ2) is 5.40. The van der Waals surface area contributed by atoms with E-state index in [1.54, 1.807) is 31.7 Å². The molecule has 1 N–H and O–H groups in total. The zero-order valence-corrected chi connectivity index (χ0v) is 11.4. The molecule has 0 saturated carbocycles. The highest BCUT2D eigenvalue weighted by Crippen LogP contribution is 2.20. The standard InChI is InChI=1S/C14H17N5O/c1-10(20)19-5-2-11(9-19)6-12-7-18-13(8-17-12)14-15-3-4-16-14/h3-4,7-8,11H,2,5-6,9H2,1H3,(H,15,16). The van der Waals surface area contributed by atoms with E-state index >= 15 is 0 Å². The first-order valence-corrected chi connectivity index (χ1v) is 6.78. The van der Waals surface area contributed by atoms with Crippen LogP contribution in [0.5, 0.6) is 0 Å². The van der Waals surface area contributed by atoms with Gasteiger partial charge in [0.05, 0.1) is 11.9 Å². The van der Waals surface area contributed by atoms with E-state index in [2.05, 4.69) is 19.9 Å². The van der Waals surface area contributed by atoms with Crippen LogP contribution in [0.2, 0.25) is 0 Å². The molecule has 3 heterocycles. The number of amides is 1. The average Bonchev–Trinajstić information content (AvgIpc) is 3.10. The number of rotatable bonds is 3. The van der Waals surface area contributed by atoms with Gasteiger partial charge in [-0.2, -0.15) is 0 Å². The van der Waals surface area contributed by atoms with Crippen molar-refractivity contribution in [3.63, 3.8) is 0 Å². The zero-order chi connectivity index (χ0) is 13.9. The van der Waals surface area contributed by atoms with Crippen LogP contribution in [0.1, 0.15) is 19.0 Å². The van der Waals surface area contributed by atoms with E-state index in [-0.39, 0.29) is 5.91 Å². The number of aromatic amines is 1. The van der Waals surface area contributed by atoms with Gasteiger partial charge in [0.2, 0.25) is 5.91 Å². The van der Waals surface area contributed by atoms with Gasteiger partial charge in [0.15, 0.2) is 5.82 Å². The maximum absolute atomic E-state index is 11.3. The van der Waals surface area contributed by atoms with Crippen molar-refractivity contribution in [2.24, 2.45) is 5.92 Å². The average molecular weight is 271 g/mol. The second-order valence-electron chi connectivity index (χ2n) is 5.15. The fraction of sp³-hybridized carbons (Fsp3) is 0.429. The van der Waals surface area contributed by atoms with Gasteiger partial charge in [-0.1, -0.05) is 0 Å². The molecule has 3 rings (SSSR count). The number of nitrogens with zero attached hydrogens (tertiary/aromatic N) is 4. The third kappa shape index (κ3) is 2.68. The van der Waals surface area contributed by atoms with Crippen molar-refractivity contribution in [2.45, 2.75) is 19.8 Å². The molecule has 2 aromatic rings. The lowest BCUT2D eigenvalue weighted by Gasteiger charge is -2.13. The molecule has 1 saturated heterocycles. The fourth-order valence-electron chi connectivity index (χ4n) is 2.57. The van der Waals surface area contributed by atoms with Crippen LogP contribution >= 0.6 is 0 Å². The largest absolute Gasteiger partial charge is 0.343 e. The molecule has 0 aliphatic carbocycles. The van der Waals surface area contributed by atoms with Crippen molar-refractivity contribution in [1.82, 2.24) is 24.8 Å². The highest BCUT2D eigenvalue weighted by Gasteiger charge is 2.24. The first kappa shape index (κ1) is 12.8. The molecule has 0 spiro atoms. The molecule has 1 aliphatic rings. The van der Waals surface area contributed by atoms with E-state index in [1.165, 1.54) is 0 Å². The van der Waals surface area contributed by atoms with Crippen molar-refractivity contribution >= 4 is 5.91 Å². The van der Waals surface area contributed by atoms with Crippen LogP contribution in [0.4, 0.5) is 0 Å². The van der Waals surface area contributed by atoms with Crippen molar-refractivity contribution in [1.29, 1.82) is 0 Å². The maximum atomic E-state index is 11.3. The van der Waals surface area contributed by atoms with Gasteiger partial charge in [-0.05, 0) is 18.8 Å². The third-order valence-corrected chi connectivity index (χ3v) is 3.68. The van der Waals surface area contributed by atoms with Crippen LogP contribution in [-0.4, -0.2) is 43.8 Å². The summed E-state index contributed by atoms with van der Waals surface area (Å²) in [6, 6.07) is 0. The van der Waals surface area contributed by atoms with Crippen LogP contribution in [0, 0.1) is 5.92 Å². The number of carbonyl (C=O) groups excluding carboxylic acids is 1. The SMILES string of the molecule is CC(=O)N1CCC(Cc2cnc(-c3ncc[nH]3)cn2)C1. The molecule has 6 heteroatoms. The quantitative estimate of drug-likeness (QED) is 0.912. The Balaban J connectivity index is 1.63. The molecular weight excluding hydrogens is 254 g/mol. The Morgan fingerprint density at radius 1 is 1.40 bits per heavy atom. The van der Waals surface area contributed by atoms with Crippen molar-refractivity contribution in [2.75, 3.05) is 13.1 Å². The number of imidazole rings is 1. The van der Waals surface area contributed by atoms with Crippen LogP contribution in [-0.2, 0) is 11.2 Å². The minimum Gasteiger partial charge on any atom is -0.343 e. The summed E-state index contributed by atoms with van der Waals surface area (Å²) in [5, 5.41) is 0. The summed E-state index contributed by atoms with van der Waals surface area (Å²) in [5.41, 5.74) is 1.71. The molecule has 1 fully saturated rings. The van der Waals surface area contributed by atoms with Crippen LogP contribution in [0.3, 0.4) is 0 Å². The molecular formula is C14H17N5O. The number of likely N-dealkylation sites (tertiary alicyclic amines) is 1. The van der Waals surface area contributed by atoms with E-state index in [0.29, 0.717) is 5.92 Å².